The SMILES string of the molecule is COc1ccc(-n2nc(C)c3c2NC(=O)[C@H](C)S[C@@H]3c2ccccc2OC)cc1. The highest BCUT2D eigenvalue weighted by Gasteiger charge is 2.35. The maximum atomic E-state index is 12.8. The maximum absolute atomic E-state index is 12.8. The first-order valence-electron chi connectivity index (χ1n) is 9.36. The van der Waals surface area contributed by atoms with Gasteiger partial charge in [-0.05, 0) is 44.2 Å². The van der Waals surface area contributed by atoms with Crippen LogP contribution in [-0.2, 0) is 4.79 Å². The number of para-hydroxylation sites is 1. The van der Waals surface area contributed by atoms with Gasteiger partial charge in [-0.25, -0.2) is 4.68 Å². The molecule has 150 valence electrons. The van der Waals surface area contributed by atoms with E-state index in [1.807, 2.05) is 62.4 Å². The van der Waals surface area contributed by atoms with Crippen LogP contribution in [0.3, 0.4) is 0 Å². The highest BCUT2D eigenvalue weighted by Crippen LogP contribution is 2.48. The Morgan fingerprint density at radius 1 is 1.07 bits per heavy atom. The number of nitrogens with one attached hydrogen (secondary N) is 1. The molecule has 0 bridgehead atoms. The van der Waals surface area contributed by atoms with E-state index >= 15 is 0 Å². The molecule has 0 fully saturated rings. The lowest BCUT2D eigenvalue weighted by Gasteiger charge is -2.19. The Balaban J connectivity index is 1.90. The van der Waals surface area contributed by atoms with Gasteiger partial charge in [-0.15, -0.1) is 11.8 Å². The number of hydrogen-bond donors (Lipinski definition) is 1. The second kappa shape index (κ2) is 7.83. The number of benzene rings is 2. The number of aryl methyl sites for hydroxylation is 1. The van der Waals surface area contributed by atoms with Gasteiger partial charge >= 0.3 is 0 Å². The van der Waals surface area contributed by atoms with Crippen molar-refractivity contribution in [2.45, 2.75) is 24.3 Å². The predicted molar refractivity (Wildman–Crippen MR) is 115 cm³/mol. The molecule has 0 saturated heterocycles. The van der Waals surface area contributed by atoms with Crippen LogP contribution in [0.4, 0.5) is 5.82 Å². The molecule has 0 unspecified atom stereocenters. The number of nitrogens with zero attached hydrogens (tertiary/aromatic N) is 2. The number of aromatic nitrogens is 2. The van der Waals surface area contributed by atoms with E-state index in [4.69, 9.17) is 14.6 Å². The Morgan fingerprint density at radius 3 is 2.48 bits per heavy atom. The van der Waals surface area contributed by atoms with Crippen LogP contribution < -0.4 is 14.8 Å². The summed E-state index contributed by atoms with van der Waals surface area (Å²) >= 11 is 1.60. The number of amides is 1. The first-order chi connectivity index (χ1) is 14.0. The second-order valence-electron chi connectivity index (χ2n) is 6.85. The van der Waals surface area contributed by atoms with Gasteiger partial charge < -0.3 is 14.8 Å². The summed E-state index contributed by atoms with van der Waals surface area (Å²) in [6, 6.07) is 15.6. The molecule has 2 heterocycles. The van der Waals surface area contributed by atoms with Crippen molar-refractivity contribution in [1.29, 1.82) is 0 Å². The minimum absolute atomic E-state index is 0.0386. The summed E-state index contributed by atoms with van der Waals surface area (Å²) in [6.07, 6.45) is 0. The fourth-order valence-corrected chi connectivity index (χ4v) is 4.90. The smallest absolute Gasteiger partial charge is 0.238 e. The largest absolute Gasteiger partial charge is 0.497 e. The van der Waals surface area contributed by atoms with E-state index in [2.05, 4.69) is 5.32 Å². The third kappa shape index (κ3) is 3.46. The van der Waals surface area contributed by atoms with Crippen molar-refractivity contribution in [2.24, 2.45) is 0 Å². The predicted octanol–water partition coefficient (Wildman–Crippen LogP) is 4.36. The number of methoxy groups -OCH3 is 2. The van der Waals surface area contributed by atoms with Gasteiger partial charge in [-0.2, -0.15) is 5.10 Å². The van der Waals surface area contributed by atoms with Crippen LogP contribution in [0.5, 0.6) is 11.5 Å². The molecular formula is C22H23N3O3S. The minimum atomic E-state index is -0.221. The normalized spacial score (nSPS) is 18.6. The summed E-state index contributed by atoms with van der Waals surface area (Å²) < 4.78 is 12.7. The number of carbonyl (C=O) groups is 1. The zero-order chi connectivity index (χ0) is 20.5. The summed E-state index contributed by atoms with van der Waals surface area (Å²) in [4.78, 5) is 12.8. The van der Waals surface area contributed by atoms with Crippen LogP contribution in [0.2, 0.25) is 0 Å². The van der Waals surface area contributed by atoms with Gasteiger partial charge in [-0.1, -0.05) is 18.2 Å². The van der Waals surface area contributed by atoms with Crippen LogP contribution in [0.1, 0.15) is 29.0 Å². The molecule has 0 aliphatic carbocycles. The first kappa shape index (κ1) is 19.4. The quantitative estimate of drug-likeness (QED) is 0.694. The number of hydrogen-bond acceptors (Lipinski definition) is 5. The summed E-state index contributed by atoms with van der Waals surface area (Å²) in [5.41, 5.74) is 3.75. The van der Waals surface area contributed by atoms with Gasteiger partial charge in [0.05, 0.1) is 36.1 Å². The molecule has 3 aromatic rings. The van der Waals surface area contributed by atoms with Crippen LogP contribution in [0.25, 0.3) is 5.69 Å². The van der Waals surface area contributed by atoms with Crippen molar-refractivity contribution >= 4 is 23.5 Å². The topological polar surface area (TPSA) is 65.4 Å². The number of ether oxygens (including phenoxy) is 2. The average Bonchev–Trinajstić information content (AvgIpc) is 3.00. The van der Waals surface area contributed by atoms with E-state index in [0.29, 0.717) is 5.82 Å². The molecule has 4 rings (SSSR count). The van der Waals surface area contributed by atoms with Crippen LogP contribution in [-0.4, -0.2) is 35.2 Å². The fourth-order valence-electron chi connectivity index (χ4n) is 3.55. The Morgan fingerprint density at radius 2 is 1.79 bits per heavy atom. The van der Waals surface area contributed by atoms with E-state index < -0.39 is 0 Å². The van der Waals surface area contributed by atoms with E-state index in [9.17, 15) is 4.79 Å². The molecule has 2 atom stereocenters. The zero-order valence-electron chi connectivity index (χ0n) is 16.8. The first-order valence-corrected chi connectivity index (χ1v) is 10.3. The third-order valence-electron chi connectivity index (χ3n) is 5.06. The lowest BCUT2D eigenvalue weighted by atomic mass is 10.0. The van der Waals surface area contributed by atoms with Crippen molar-refractivity contribution in [2.75, 3.05) is 19.5 Å². The van der Waals surface area contributed by atoms with Crippen LogP contribution in [0, 0.1) is 6.92 Å². The van der Waals surface area contributed by atoms with Crippen molar-refractivity contribution < 1.29 is 14.3 Å². The molecule has 1 aliphatic rings. The third-order valence-corrected chi connectivity index (χ3v) is 6.44. The van der Waals surface area contributed by atoms with Crippen LogP contribution in [0.15, 0.2) is 48.5 Å². The van der Waals surface area contributed by atoms with Gasteiger partial charge in [-0.3, -0.25) is 4.79 Å². The number of fused-ring (bicyclic) bond motifs is 1. The van der Waals surface area contributed by atoms with Crippen molar-refractivity contribution in [1.82, 2.24) is 9.78 Å². The summed E-state index contributed by atoms with van der Waals surface area (Å²) in [7, 11) is 3.30. The molecule has 0 radical (unpaired) electrons. The number of anilines is 1. The lowest BCUT2D eigenvalue weighted by molar-refractivity contribution is -0.115. The van der Waals surface area contributed by atoms with Crippen LogP contribution >= 0.6 is 11.8 Å². The minimum Gasteiger partial charge on any atom is -0.497 e. The Labute approximate surface area is 174 Å². The van der Waals surface area contributed by atoms with E-state index in [1.54, 1.807) is 30.7 Å². The highest BCUT2D eigenvalue weighted by molar-refractivity contribution is 8.01. The average molecular weight is 410 g/mol. The maximum Gasteiger partial charge on any atom is 0.238 e. The van der Waals surface area contributed by atoms with Gasteiger partial charge in [0.2, 0.25) is 5.91 Å². The van der Waals surface area contributed by atoms with Gasteiger partial charge in [0.15, 0.2) is 0 Å². The Hall–Kier alpha value is -2.93. The number of rotatable bonds is 4. The Kier molecular flexibility index (Phi) is 5.24. The Bertz CT molecular complexity index is 1050. The molecule has 6 nitrogen and oxygen atoms in total. The lowest BCUT2D eigenvalue weighted by Crippen LogP contribution is -2.22. The molecule has 1 amide bonds. The second-order valence-corrected chi connectivity index (χ2v) is 8.30. The summed E-state index contributed by atoms with van der Waals surface area (Å²) in [5.74, 6) is 2.23. The molecule has 1 N–H and O–H groups in total. The molecule has 0 saturated carbocycles. The molecule has 29 heavy (non-hydrogen) atoms. The van der Waals surface area contributed by atoms with E-state index in [0.717, 1.165) is 34.0 Å². The number of thioether (sulfide) groups is 1. The molecule has 0 spiro atoms. The van der Waals surface area contributed by atoms with Crippen molar-refractivity contribution in [3.63, 3.8) is 0 Å². The summed E-state index contributed by atoms with van der Waals surface area (Å²) in [5, 5.41) is 7.55. The summed E-state index contributed by atoms with van der Waals surface area (Å²) in [6.45, 7) is 3.90. The van der Waals surface area contributed by atoms with Crippen molar-refractivity contribution in [3.05, 3.63) is 65.4 Å². The monoisotopic (exact) mass is 409 g/mol. The van der Waals surface area contributed by atoms with Gasteiger partial charge in [0.25, 0.3) is 0 Å². The highest BCUT2D eigenvalue weighted by atomic mass is 32.2. The van der Waals surface area contributed by atoms with Gasteiger partial charge in [0, 0.05) is 11.1 Å². The molecule has 7 heteroatoms. The fraction of sp³-hybridized carbons (Fsp3) is 0.273. The van der Waals surface area contributed by atoms with Crippen molar-refractivity contribution in [3.8, 4) is 17.2 Å². The standard InChI is InChI=1S/C22H23N3O3S/c1-13-19-20(17-7-5-6-8-18(17)28-4)29-14(2)22(26)23-21(19)25(24-13)15-9-11-16(27-3)12-10-15/h5-12,14,20H,1-4H3,(H,23,26)/t14-,20+/m0/s1. The number of carbonyl (C=O) groups excluding carboxylic acids is 1. The molecule has 1 aromatic heterocycles. The van der Waals surface area contributed by atoms with E-state index in [-0.39, 0.29) is 16.4 Å². The van der Waals surface area contributed by atoms with E-state index in [1.165, 1.54) is 0 Å². The molecular weight excluding hydrogens is 386 g/mol. The molecule has 1 aliphatic heterocycles. The van der Waals surface area contributed by atoms with Gasteiger partial charge in [0.1, 0.15) is 17.3 Å². The zero-order valence-corrected chi connectivity index (χ0v) is 17.6. The molecule has 2 aromatic carbocycles.